The second kappa shape index (κ2) is 4.23. The minimum Gasteiger partial charge on any atom is -0.330 e. The fraction of sp³-hybridized carbons (Fsp3) is 0.273. The zero-order chi connectivity index (χ0) is 10.7. The van der Waals surface area contributed by atoms with Crippen molar-refractivity contribution in [1.82, 2.24) is 14.8 Å². The van der Waals surface area contributed by atoms with Crippen LogP contribution in [0.3, 0.4) is 0 Å². The Bertz CT molecular complexity index is 447. The average Bonchev–Trinajstić information content (AvgIpc) is 2.66. The molecule has 15 heavy (non-hydrogen) atoms. The maximum absolute atomic E-state index is 5.50. The molecule has 0 spiro atoms. The second-order valence-corrected chi connectivity index (χ2v) is 3.48. The van der Waals surface area contributed by atoms with Gasteiger partial charge in [0, 0.05) is 37.1 Å². The van der Waals surface area contributed by atoms with Crippen LogP contribution in [0.4, 0.5) is 0 Å². The molecule has 4 heteroatoms. The van der Waals surface area contributed by atoms with E-state index in [1.165, 1.54) is 0 Å². The van der Waals surface area contributed by atoms with Crippen molar-refractivity contribution in [3.8, 4) is 11.1 Å². The summed E-state index contributed by atoms with van der Waals surface area (Å²) in [5, 5.41) is 4.14. The van der Waals surface area contributed by atoms with E-state index in [4.69, 9.17) is 5.73 Å². The Kier molecular flexibility index (Phi) is 2.78. The van der Waals surface area contributed by atoms with Crippen molar-refractivity contribution >= 4 is 0 Å². The Labute approximate surface area is 88.8 Å². The first-order valence-electron chi connectivity index (χ1n) is 4.93. The van der Waals surface area contributed by atoms with E-state index in [2.05, 4.69) is 16.1 Å². The highest BCUT2D eigenvalue weighted by molar-refractivity contribution is 5.61. The van der Waals surface area contributed by atoms with Crippen molar-refractivity contribution in [2.45, 2.75) is 6.42 Å². The van der Waals surface area contributed by atoms with E-state index < -0.39 is 0 Å². The second-order valence-electron chi connectivity index (χ2n) is 3.48. The zero-order valence-electron chi connectivity index (χ0n) is 8.72. The van der Waals surface area contributed by atoms with Gasteiger partial charge in [0.2, 0.25) is 0 Å². The van der Waals surface area contributed by atoms with Gasteiger partial charge in [0.05, 0.1) is 6.20 Å². The molecule has 0 aromatic carbocycles. The highest BCUT2D eigenvalue weighted by Gasteiger charge is 2.01. The molecule has 0 atom stereocenters. The highest BCUT2D eigenvalue weighted by Crippen LogP contribution is 2.18. The number of pyridine rings is 1. The SMILES string of the molecule is Cn1cc(-c2ccnc(CCN)c2)cn1. The van der Waals surface area contributed by atoms with Crippen molar-refractivity contribution in [3.63, 3.8) is 0 Å². The normalized spacial score (nSPS) is 10.5. The van der Waals surface area contributed by atoms with E-state index in [-0.39, 0.29) is 0 Å². The maximum atomic E-state index is 5.50. The smallest absolute Gasteiger partial charge is 0.0568 e. The lowest BCUT2D eigenvalue weighted by molar-refractivity contribution is 0.768. The van der Waals surface area contributed by atoms with E-state index in [1.54, 1.807) is 4.68 Å². The van der Waals surface area contributed by atoms with Gasteiger partial charge in [-0.15, -0.1) is 0 Å². The third kappa shape index (κ3) is 2.22. The van der Waals surface area contributed by atoms with E-state index in [0.717, 1.165) is 23.2 Å². The molecule has 0 aliphatic rings. The van der Waals surface area contributed by atoms with Crippen LogP contribution in [0.15, 0.2) is 30.7 Å². The number of nitrogens with two attached hydrogens (primary N) is 1. The summed E-state index contributed by atoms with van der Waals surface area (Å²) >= 11 is 0. The molecule has 0 amide bonds. The number of nitrogens with zero attached hydrogens (tertiary/aromatic N) is 3. The first-order chi connectivity index (χ1) is 7.29. The summed E-state index contributed by atoms with van der Waals surface area (Å²) in [6, 6.07) is 4.04. The van der Waals surface area contributed by atoms with Crippen LogP contribution in [-0.2, 0) is 13.5 Å². The predicted octanol–water partition coefficient (Wildman–Crippen LogP) is 0.983. The molecule has 0 aliphatic heterocycles. The van der Waals surface area contributed by atoms with Gasteiger partial charge in [-0.2, -0.15) is 5.10 Å². The van der Waals surface area contributed by atoms with Crippen LogP contribution in [-0.4, -0.2) is 21.3 Å². The highest BCUT2D eigenvalue weighted by atomic mass is 15.2. The van der Waals surface area contributed by atoms with Crippen molar-refractivity contribution in [1.29, 1.82) is 0 Å². The van der Waals surface area contributed by atoms with Gasteiger partial charge >= 0.3 is 0 Å². The minimum atomic E-state index is 0.628. The van der Waals surface area contributed by atoms with E-state index in [0.29, 0.717) is 6.54 Å². The molecule has 0 bridgehead atoms. The van der Waals surface area contributed by atoms with Crippen molar-refractivity contribution < 1.29 is 0 Å². The first-order valence-corrected chi connectivity index (χ1v) is 4.93. The minimum absolute atomic E-state index is 0.628. The Morgan fingerprint density at radius 1 is 1.40 bits per heavy atom. The Morgan fingerprint density at radius 2 is 2.27 bits per heavy atom. The molecule has 4 nitrogen and oxygen atoms in total. The van der Waals surface area contributed by atoms with Crippen LogP contribution >= 0.6 is 0 Å². The van der Waals surface area contributed by atoms with Crippen molar-refractivity contribution in [2.75, 3.05) is 6.54 Å². The standard InChI is InChI=1S/C11H14N4/c1-15-8-10(7-14-15)9-3-5-13-11(6-9)2-4-12/h3,5-8H,2,4,12H2,1H3. The Hall–Kier alpha value is -1.68. The molecule has 78 valence electrons. The van der Waals surface area contributed by atoms with Gasteiger partial charge in [0.25, 0.3) is 0 Å². The van der Waals surface area contributed by atoms with Crippen LogP contribution in [0.5, 0.6) is 0 Å². The molecule has 2 N–H and O–H groups in total. The molecule has 0 radical (unpaired) electrons. The van der Waals surface area contributed by atoms with Crippen molar-refractivity contribution in [2.24, 2.45) is 12.8 Å². The molecule has 0 fully saturated rings. The third-order valence-corrected chi connectivity index (χ3v) is 2.26. The summed E-state index contributed by atoms with van der Waals surface area (Å²) < 4.78 is 1.79. The molecule has 0 saturated carbocycles. The monoisotopic (exact) mass is 202 g/mol. The summed E-state index contributed by atoms with van der Waals surface area (Å²) in [6.07, 6.45) is 6.46. The van der Waals surface area contributed by atoms with E-state index in [1.807, 2.05) is 31.7 Å². The Balaban J connectivity index is 2.32. The molecular formula is C11H14N4. The van der Waals surface area contributed by atoms with Gasteiger partial charge in [-0.3, -0.25) is 9.67 Å². The van der Waals surface area contributed by atoms with Gasteiger partial charge in [-0.25, -0.2) is 0 Å². The zero-order valence-corrected chi connectivity index (χ0v) is 8.72. The van der Waals surface area contributed by atoms with Gasteiger partial charge in [0.15, 0.2) is 0 Å². The lowest BCUT2D eigenvalue weighted by Crippen LogP contribution is -2.04. The van der Waals surface area contributed by atoms with Crippen LogP contribution in [0, 0.1) is 0 Å². The summed E-state index contributed by atoms with van der Waals surface area (Å²) in [4.78, 5) is 4.25. The maximum Gasteiger partial charge on any atom is 0.0568 e. The third-order valence-electron chi connectivity index (χ3n) is 2.26. The largest absolute Gasteiger partial charge is 0.330 e. The molecule has 0 unspecified atom stereocenters. The van der Waals surface area contributed by atoms with Gasteiger partial charge in [-0.05, 0) is 24.2 Å². The van der Waals surface area contributed by atoms with Crippen LogP contribution in [0.2, 0.25) is 0 Å². The lowest BCUT2D eigenvalue weighted by Gasteiger charge is -2.00. The summed E-state index contributed by atoms with van der Waals surface area (Å²) in [6.45, 7) is 0.628. The lowest BCUT2D eigenvalue weighted by atomic mass is 10.1. The van der Waals surface area contributed by atoms with Crippen molar-refractivity contribution in [3.05, 3.63) is 36.4 Å². The molecule has 2 heterocycles. The number of aromatic nitrogens is 3. The Morgan fingerprint density at radius 3 is 2.93 bits per heavy atom. The molecule has 2 aromatic rings. The fourth-order valence-corrected chi connectivity index (χ4v) is 1.51. The summed E-state index contributed by atoms with van der Waals surface area (Å²) in [5.41, 5.74) is 8.77. The number of rotatable bonds is 3. The van der Waals surface area contributed by atoms with Crippen LogP contribution < -0.4 is 5.73 Å². The summed E-state index contributed by atoms with van der Waals surface area (Å²) in [5.74, 6) is 0. The van der Waals surface area contributed by atoms with E-state index >= 15 is 0 Å². The molecule has 0 aliphatic carbocycles. The summed E-state index contributed by atoms with van der Waals surface area (Å²) in [7, 11) is 1.91. The average molecular weight is 202 g/mol. The van der Waals surface area contributed by atoms with Gasteiger partial charge in [0.1, 0.15) is 0 Å². The predicted molar refractivity (Wildman–Crippen MR) is 59.2 cm³/mol. The van der Waals surface area contributed by atoms with E-state index in [9.17, 15) is 0 Å². The fourth-order valence-electron chi connectivity index (χ4n) is 1.51. The first kappa shape index (κ1) is 9.86. The van der Waals surface area contributed by atoms with Gasteiger partial charge in [-0.1, -0.05) is 0 Å². The number of hydrogen-bond acceptors (Lipinski definition) is 3. The van der Waals surface area contributed by atoms with Gasteiger partial charge < -0.3 is 5.73 Å². The molecule has 2 rings (SSSR count). The molecular weight excluding hydrogens is 188 g/mol. The topological polar surface area (TPSA) is 56.7 Å². The number of hydrogen-bond donors (Lipinski definition) is 1. The molecule has 0 saturated heterocycles. The quantitative estimate of drug-likeness (QED) is 0.807. The van der Waals surface area contributed by atoms with Crippen LogP contribution in [0.1, 0.15) is 5.69 Å². The van der Waals surface area contributed by atoms with Crippen LogP contribution in [0.25, 0.3) is 11.1 Å². The molecule has 2 aromatic heterocycles. The number of aryl methyl sites for hydroxylation is 1.